The Labute approximate surface area is 120 Å². The molecule has 0 heterocycles. The molecular formula is C14H22N2O3S. The molecule has 0 spiro atoms. The van der Waals surface area contributed by atoms with Gasteiger partial charge in [-0.2, -0.15) is 4.31 Å². The molecule has 0 unspecified atom stereocenters. The Bertz CT molecular complexity index is 595. The maximum atomic E-state index is 12.9. The summed E-state index contributed by atoms with van der Waals surface area (Å²) in [5.74, 6) is 0. The fourth-order valence-electron chi connectivity index (χ4n) is 2.40. The van der Waals surface area contributed by atoms with E-state index in [1.54, 1.807) is 37.4 Å². The van der Waals surface area contributed by atoms with Gasteiger partial charge in [0.05, 0.1) is 11.5 Å². The van der Waals surface area contributed by atoms with E-state index in [0.29, 0.717) is 29.3 Å². The molecule has 5 nitrogen and oxygen atoms in total. The maximum Gasteiger partial charge on any atom is 0.244 e. The number of benzene rings is 1. The zero-order chi connectivity index (χ0) is 14.9. The molecule has 6 heteroatoms. The van der Waals surface area contributed by atoms with Crippen molar-refractivity contribution < 1.29 is 13.2 Å². The molecule has 0 radical (unpaired) electrons. The number of anilines is 1. The van der Waals surface area contributed by atoms with Crippen LogP contribution in [0.3, 0.4) is 0 Å². The second-order valence-corrected chi connectivity index (χ2v) is 7.09. The molecule has 1 fully saturated rings. The number of ether oxygens (including phenoxy) is 1. The number of rotatable bonds is 6. The zero-order valence-corrected chi connectivity index (χ0v) is 13.0. The zero-order valence-electron chi connectivity index (χ0n) is 12.2. The molecular weight excluding hydrogens is 276 g/mol. The third-order valence-electron chi connectivity index (χ3n) is 3.68. The quantitative estimate of drug-likeness (QED) is 0.811. The van der Waals surface area contributed by atoms with Gasteiger partial charge in [-0.15, -0.1) is 0 Å². The van der Waals surface area contributed by atoms with Crippen molar-refractivity contribution in [2.24, 2.45) is 0 Å². The molecule has 0 aliphatic heterocycles. The maximum absolute atomic E-state index is 12.9. The Morgan fingerprint density at radius 1 is 1.35 bits per heavy atom. The molecule has 0 amide bonds. The Kier molecular flexibility index (Phi) is 4.36. The summed E-state index contributed by atoms with van der Waals surface area (Å²) < 4.78 is 32.5. The summed E-state index contributed by atoms with van der Waals surface area (Å²) in [7, 11) is -1.94. The van der Waals surface area contributed by atoms with E-state index >= 15 is 0 Å². The van der Waals surface area contributed by atoms with Crippen LogP contribution in [-0.4, -0.2) is 39.0 Å². The minimum absolute atomic E-state index is 0.107. The molecule has 0 saturated heterocycles. The van der Waals surface area contributed by atoms with Gasteiger partial charge in [0, 0.05) is 25.4 Å². The van der Waals surface area contributed by atoms with Gasteiger partial charge >= 0.3 is 0 Å². The smallest absolute Gasteiger partial charge is 0.244 e. The van der Waals surface area contributed by atoms with E-state index in [2.05, 4.69) is 0 Å². The Morgan fingerprint density at radius 2 is 2.00 bits per heavy atom. The summed E-state index contributed by atoms with van der Waals surface area (Å²) in [5.41, 5.74) is 7.75. The molecule has 0 aromatic heterocycles. The number of nitrogens with two attached hydrogens (primary N) is 1. The van der Waals surface area contributed by atoms with Crippen molar-refractivity contribution in [2.75, 3.05) is 26.0 Å². The summed E-state index contributed by atoms with van der Waals surface area (Å²) in [6, 6.07) is 3.62. The number of aryl methyl sites for hydroxylation is 1. The van der Waals surface area contributed by atoms with Crippen LogP contribution in [-0.2, 0) is 14.8 Å². The molecule has 112 valence electrons. The highest BCUT2D eigenvalue weighted by Gasteiger charge is 2.39. The van der Waals surface area contributed by atoms with Crippen LogP contribution in [0.5, 0.6) is 0 Å². The van der Waals surface area contributed by atoms with E-state index in [1.165, 1.54) is 0 Å². The Hall–Kier alpha value is -1.11. The van der Waals surface area contributed by atoms with Crippen LogP contribution in [0.4, 0.5) is 5.69 Å². The first-order valence-electron chi connectivity index (χ1n) is 6.76. The largest absolute Gasteiger partial charge is 0.398 e. The van der Waals surface area contributed by atoms with E-state index < -0.39 is 10.0 Å². The lowest BCUT2D eigenvalue weighted by atomic mass is 10.1. The van der Waals surface area contributed by atoms with Crippen molar-refractivity contribution in [3.05, 3.63) is 23.3 Å². The van der Waals surface area contributed by atoms with Gasteiger partial charge in [-0.3, -0.25) is 0 Å². The monoisotopic (exact) mass is 298 g/mol. The summed E-state index contributed by atoms with van der Waals surface area (Å²) in [6.07, 6.45) is 1.84. The summed E-state index contributed by atoms with van der Waals surface area (Å²) in [4.78, 5) is 0.348. The summed E-state index contributed by atoms with van der Waals surface area (Å²) in [6.45, 7) is 4.35. The molecule has 2 N–H and O–H groups in total. The van der Waals surface area contributed by atoms with Gasteiger partial charge in [0.2, 0.25) is 10.0 Å². The van der Waals surface area contributed by atoms with Crippen molar-refractivity contribution in [1.29, 1.82) is 0 Å². The predicted molar refractivity (Wildman–Crippen MR) is 79.1 cm³/mol. The van der Waals surface area contributed by atoms with Gasteiger partial charge in [0.1, 0.15) is 0 Å². The first-order valence-corrected chi connectivity index (χ1v) is 8.20. The predicted octanol–water partition coefficient (Wildman–Crippen LogP) is 1.69. The number of nitrogen functional groups attached to an aromatic ring is 1. The van der Waals surface area contributed by atoms with Crippen LogP contribution in [0.2, 0.25) is 0 Å². The van der Waals surface area contributed by atoms with Crippen LogP contribution in [0, 0.1) is 13.8 Å². The van der Waals surface area contributed by atoms with Crippen molar-refractivity contribution in [2.45, 2.75) is 37.6 Å². The van der Waals surface area contributed by atoms with E-state index in [0.717, 1.165) is 18.4 Å². The molecule has 0 bridgehead atoms. The molecule has 0 atom stereocenters. The Morgan fingerprint density at radius 3 is 2.55 bits per heavy atom. The first kappa shape index (κ1) is 15.3. The third-order valence-corrected chi connectivity index (χ3v) is 5.92. The second kappa shape index (κ2) is 5.71. The highest BCUT2D eigenvalue weighted by Crippen LogP contribution is 2.35. The summed E-state index contributed by atoms with van der Waals surface area (Å²) >= 11 is 0. The highest BCUT2D eigenvalue weighted by atomic mass is 32.2. The lowest BCUT2D eigenvalue weighted by molar-refractivity contribution is 0.177. The summed E-state index contributed by atoms with van der Waals surface area (Å²) in [5, 5.41) is 0. The van der Waals surface area contributed by atoms with Crippen LogP contribution in [0.15, 0.2) is 17.0 Å². The lowest BCUT2D eigenvalue weighted by Crippen LogP contribution is -2.36. The molecule has 20 heavy (non-hydrogen) atoms. The number of sulfonamides is 1. The van der Waals surface area contributed by atoms with Gasteiger partial charge in [0.15, 0.2) is 0 Å². The normalized spacial score (nSPS) is 15.8. The first-order chi connectivity index (χ1) is 9.39. The van der Waals surface area contributed by atoms with Crippen molar-refractivity contribution in [1.82, 2.24) is 4.31 Å². The molecule has 1 aromatic carbocycles. The average Bonchev–Trinajstić information content (AvgIpc) is 3.19. The van der Waals surface area contributed by atoms with Crippen LogP contribution in [0.1, 0.15) is 24.0 Å². The van der Waals surface area contributed by atoms with Gasteiger partial charge < -0.3 is 10.5 Å². The number of nitrogens with zero attached hydrogens (tertiary/aromatic N) is 1. The molecule has 1 saturated carbocycles. The minimum atomic E-state index is -3.52. The van der Waals surface area contributed by atoms with Gasteiger partial charge in [-0.1, -0.05) is 6.07 Å². The van der Waals surface area contributed by atoms with Crippen molar-refractivity contribution in [3.63, 3.8) is 0 Å². The van der Waals surface area contributed by atoms with Crippen LogP contribution < -0.4 is 5.73 Å². The van der Waals surface area contributed by atoms with Gasteiger partial charge in [-0.25, -0.2) is 8.42 Å². The molecule has 1 aliphatic carbocycles. The van der Waals surface area contributed by atoms with E-state index in [9.17, 15) is 8.42 Å². The number of methoxy groups -OCH3 is 1. The molecule has 2 rings (SSSR count). The van der Waals surface area contributed by atoms with Crippen LogP contribution >= 0.6 is 0 Å². The topological polar surface area (TPSA) is 72.6 Å². The minimum Gasteiger partial charge on any atom is -0.398 e. The molecule has 1 aromatic rings. The Balaban J connectivity index is 2.45. The van der Waals surface area contributed by atoms with E-state index in [-0.39, 0.29) is 6.04 Å². The second-order valence-electron chi connectivity index (χ2n) is 5.27. The highest BCUT2D eigenvalue weighted by molar-refractivity contribution is 7.89. The standard InChI is InChI=1S/C14H22N2O3S/c1-10-4-7-13(15)11(2)14(10)20(17,18)16(8-9-19-3)12-5-6-12/h4,7,12H,5-6,8-9,15H2,1-3H3. The third kappa shape index (κ3) is 2.82. The lowest BCUT2D eigenvalue weighted by Gasteiger charge is -2.24. The molecule has 1 aliphatic rings. The van der Waals surface area contributed by atoms with E-state index in [1.807, 2.05) is 0 Å². The van der Waals surface area contributed by atoms with Gasteiger partial charge in [0.25, 0.3) is 0 Å². The SMILES string of the molecule is COCCN(C1CC1)S(=O)(=O)c1c(C)ccc(N)c1C. The van der Waals surface area contributed by atoms with Crippen LogP contribution in [0.25, 0.3) is 0 Å². The van der Waals surface area contributed by atoms with Crippen molar-refractivity contribution in [3.8, 4) is 0 Å². The van der Waals surface area contributed by atoms with Crippen molar-refractivity contribution >= 4 is 15.7 Å². The average molecular weight is 298 g/mol. The van der Waals surface area contributed by atoms with E-state index in [4.69, 9.17) is 10.5 Å². The number of hydrogen-bond acceptors (Lipinski definition) is 4. The van der Waals surface area contributed by atoms with Gasteiger partial charge in [-0.05, 0) is 43.9 Å². The number of hydrogen-bond donors (Lipinski definition) is 1. The fraction of sp³-hybridized carbons (Fsp3) is 0.571. The fourth-order valence-corrected chi connectivity index (χ4v) is 4.53.